The molecule has 0 saturated carbocycles. The molecule has 0 fully saturated rings. The Bertz CT molecular complexity index is 464. The van der Waals surface area contributed by atoms with Crippen LogP contribution in [0.4, 0.5) is 0 Å². The molecule has 4 nitrogen and oxygen atoms in total. The lowest BCUT2D eigenvalue weighted by molar-refractivity contribution is 0.0977. The minimum atomic E-state index is -0.111. The summed E-state index contributed by atoms with van der Waals surface area (Å²) in [6, 6.07) is 7.48. The Hall–Kier alpha value is -0.760. The standard InChI is InChI=1S/C11H12IN3OS/c1-2-9-14-15-11(17-9)13-10(16)7-5-3-4-6-8(7)12/h3-6,9,14H,2H2,1H3,(H,13,15,16). The summed E-state index contributed by atoms with van der Waals surface area (Å²) in [5.74, 6) is -0.111. The highest BCUT2D eigenvalue weighted by atomic mass is 127. The molecule has 2 N–H and O–H groups in total. The van der Waals surface area contributed by atoms with Crippen LogP contribution in [0.2, 0.25) is 0 Å². The van der Waals surface area contributed by atoms with Gasteiger partial charge in [0.1, 0.15) is 0 Å². The van der Waals surface area contributed by atoms with Crippen molar-refractivity contribution < 1.29 is 4.79 Å². The highest BCUT2D eigenvalue weighted by Crippen LogP contribution is 2.18. The van der Waals surface area contributed by atoms with Crippen molar-refractivity contribution in [2.24, 2.45) is 5.10 Å². The molecular weight excluding hydrogens is 349 g/mol. The van der Waals surface area contributed by atoms with E-state index in [4.69, 9.17) is 0 Å². The van der Waals surface area contributed by atoms with Gasteiger partial charge >= 0.3 is 0 Å². The fourth-order valence-corrected chi connectivity index (χ4v) is 2.79. The van der Waals surface area contributed by atoms with E-state index in [9.17, 15) is 4.79 Å². The molecule has 1 aliphatic heterocycles. The van der Waals surface area contributed by atoms with Crippen LogP contribution >= 0.6 is 34.4 Å². The maximum Gasteiger partial charge on any atom is 0.258 e. The molecule has 0 bridgehead atoms. The highest BCUT2D eigenvalue weighted by molar-refractivity contribution is 14.1. The van der Waals surface area contributed by atoms with Crippen LogP contribution in [-0.4, -0.2) is 16.4 Å². The van der Waals surface area contributed by atoms with Crippen molar-refractivity contribution in [1.82, 2.24) is 10.7 Å². The van der Waals surface area contributed by atoms with E-state index in [0.29, 0.717) is 10.7 Å². The van der Waals surface area contributed by atoms with Crippen LogP contribution in [0.15, 0.2) is 29.4 Å². The molecule has 0 aliphatic carbocycles. The zero-order valence-electron chi connectivity index (χ0n) is 9.24. The zero-order chi connectivity index (χ0) is 12.3. The normalized spacial score (nSPS) is 18.5. The maximum atomic E-state index is 12.0. The number of nitrogens with zero attached hydrogens (tertiary/aromatic N) is 1. The Labute approximate surface area is 118 Å². The van der Waals surface area contributed by atoms with Crippen molar-refractivity contribution in [3.05, 3.63) is 33.4 Å². The Morgan fingerprint density at radius 3 is 3.00 bits per heavy atom. The molecule has 1 amide bonds. The fraction of sp³-hybridized carbons (Fsp3) is 0.273. The van der Waals surface area contributed by atoms with Crippen LogP contribution in [0, 0.1) is 3.57 Å². The Kier molecular flexibility index (Phi) is 4.27. The number of hydrogen-bond acceptors (Lipinski definition) is 4. The smallest absolute Gasteiger partial charge is 0.258 e. The van der Waals surface area contributed by atoms with Crippen molar-refractivity contribution in [1.29, 1.82) is 0 Å². The molecule has 90 valence electrons. The Balaban J connectivity index is 2.01. The fourth-order valence-electron chi connectivity index (χ4n) is 1.36. The second kappa shape index (κ2) is 5.72. The third-order valence-electron chi connectivity index (χ3n) is 2.27. The lowest BCUT2D eigenvalue weighted by Crippen LogP contribution is -2.28. The highest BCUT2D eigenvalue weighted by Gasteiger charge is 2.20. The number of thioether (sulfide) groups is 1. The molecule has 1 atom stereocenters. The molecule has 1 aliphatic rings. The largest absolute Gasteiger partial charge is 0.300 e. The number of halogens is 1. The van der Waals surface area contributed by atoms with Crippen molar-refractivity contribution in [3.8, 4) is 0 Å². The summed E-state index contributed by atoms with van der Waals surface area (Å²) in [6.07, 6.45) is 0.969. The summed E-state index contributed by atoms with van der Waals surface area (Å²) in [6.45, 7) is 2.07. The van der Waals surface area contributed by atoms with E-state index >= 15 is 0 Å². The number of rotatable bonds is 2. The van der Waals surface area contributed by atoms with Gasteiger partial charge in [-0.2, -0.15) is 5.10 Å². The van der Waals surface area contributed by atoms with E-state index in [1.165, 1.54) is 0 Å². The van der Waals surface area contributed by atoms with E-state index in [-0.39, 0.29) is 11.3 Å². The van der Waals surface area contributed by atoms with Crippen molar-refractivity contribution in [2.75, 3.05) is 0 Å². The molecule has 0 aromatic heterocycles. The molecule has 2 rings (SSSR count). The SMILES string of the molecule is CCC1NN=C(NC(=O)c2ccccc2I)S1. The minimum Gasteiger partial charge on any atom is -0.300 e. The van der Waals surface area contributed by atoms with E-state index in [2.05, 4.69) is 45.4 Å². The molecule has 1 heterocycles. The number of carbonyl (C=O) groups excluding carboxylic acids is 1. The first-order chi connectivity index (χ1) is 8.20. The van der Waals surface area contributed by atoms with Gasteiger partial charge in [0.25, 0.3) is 5.91 Å². The maximum absolute atomic E-state index is 12.0. The van der Waals surface area contributed by atoms with Crippen LogP contribution in [0.1, 0.15) is 23.7 Å². The van der Waals surface area contributed by atoms with Crippen molar-refractivity contribution in [2.45, 2.75) is 18.7 Å². The topological polar surface area (TPSA) is 53.5 Å². The molecular formula is C11H12IN3OS. The molecule has 0 saturated heterocycles. The molecule has 1 unspecified atom stereocenters. The second-order valence-electron chi connectivity index (χ2n) is 3.49. The van der Waals surface area contributed by atoms with Crippen molar-refractivity contribution >= 4 is 45.4 Å². The van der Waals surface area contributed by atoms with Crippen LogP contribution in [0.25, 0.3) is 0 Å². The molecule has 0 spiro atoms. The first-order valence-electron chi connectivity index (χ1n) is 5.26. The number of hydrazone groups is 1. The van der Waals surface area contributed by atoms with Gasteiger partial charge in [0.15, 0.2) is 5.17 Å². The first kappa shape index (κ1) is 12.7. The summed E-state index contributed by atoms with van der Waals surface area (Å²) in [5.41, 5.74) is 3.64. The third kappa shape index (κ3) is 3.12. The predicted molar refractivity (Wildman–Crippen MR) is 78.9 cm³/mol. The van der Waals surface area contributed by atoms with Gasteiger partial charge in [0.05, 0.1) is 10.9 Å². The Morgan fingerprint density at radius 2 is 2.35 bits per heavy atom. The third-order valence-corrected chi connectivity index (χ3v) is 4.35. The van der Waals surface area contributed by atoms with E-state index < -0.39 is 0 Å². The van der Waals surface area contributed by atoms with Gasteiger partial charge in [-0.3, -0.25) is 15.5 Å². The average Bonchev–Trinajstić information content (AvgIpc) is 2.77. The molecule has 1 aromatic carbocycles. The summed E-state index contributed by atoms with van der Waals surface area (Å²) < 4.78 is 0.936. The van der Waals surface area contributed by atoms with Gasteiger partial charge in [-0.25, -0.2) is 0 Å². The zero-order valence-corrected chi connectivity index (χ0v) is 12.2. The summed E-state index contributed by atoms with van der Waals surface area (Å²) in [4.78, 5) is 12.0. The molecule has 0 radical (unpaired) electrons. The number of nitrogens with one attached hydrogen (secondary N) is 2. The number of hydrogen-bond donors (Lipinski definition) is 2. The number of carbonyl (C=O) groups is 1. The van der Waals surface area contributed by atoms with Gasteiger partial charge in [-0.1, -0.05) is 30.8 Å². The van der Waals surface area contributed by atoms with E-state index in [1.54, 1.807) is 11.8 Å². The van der Waals surface area contributed by atoms with Crippen LogP contribution in [0.3, 0.4) is 0 Å². The number of amidine groups is 1. The second-order valence-corrected chi connectivity index (χ2v) is 5.85. The van der Waals surface area contributed by atoms with Crippen molar-refractivity contribution in [3.63, 3.8) is 0 Å². The lowest BCUT2D eigenvalue weighted by Gasteiger charge is -2.06. The van der Waals surface area contributed by atoms with Gasteiger partial charge in [-0.05, 0) is 41.1 Å². The molecule has 17 heavy (non-hydrogen) atoms. The predicted octanol–water partition coefficient (Wildman–Crippen LogP) is 2.36. The van der Waals surface area contributed by atoms with Gasteiger partial charge in [0.2, 0.25) is 0 Å². The van der Waals surface area contributed by atoms with Crippen LogP contribution in [0.5, 0.6) is 0 Å². The average molecular weight is 361 g/mol. The van der Waals surface area contributed by atoms with Crippen LogP contribution < -0.4 is 10.7 Å². The first-order valence-corrected chi connectivity index (χ1v) is 7.22. The molecule has 6 heteroatoms. The van der Waals surface area contributed by atoms with Gasteiger partial charge in [-0.15, -0.1) is 0 Å². The number of amides is 1. The molecule has 1 aromatic rings. The van der Waals surface area contributed by atoms with Crippen LogP contribution in [-0.2, 0) is 0 Å². The Morgan fingerprint density at radius 1 is 1.59 bits per heavy atom. The summed E-state index contributed by atoms with van der Waals surface area (Å²) in [5, 5.41) is 7.79. The van der Waals surface area contributed by atoms with Gasteiger partial charge in [0, 0.05) is 3.57 Å². The quantitative estimate of drug-likeness (QED) is 0.796. The number of benzene rings is 1. The van der Waals surface area contributed by atoms with E-state index in [1.807, 2.05) is 24.3 Å². The summed E-state index contributed by atoms with van der Waals surface area (Å²) >= 11 is 3.69. The van der Waals surface area contributed by atoms with E-state index in [0.717, 1.165) is 9.99 Å². The lowest BCUT2D eigenvalue weighted by atomic mass is 10.2. The monoisotopic (exact) mass is 361 g/mol. The van der Waals surface area contributed by atoms with Gasteiger partial charge < -0.3 is 0 Å². The summed E-state index contributed by atoms with van der Waals surface area (Å²) in [7, 11) is 0. The minimum absolute atomic E-state index is 0.111.